The molecule has 0 spiro atoms. The first-order chi connectivity index (χ1) is 8.84. The van der Waals surface area contributed by atoms with Crippen LogP contribution in [0, 0.1) is 6.92 Å². The Morgan fingerprint density at radius 2 is 2.06 bits per heavy atom. The Labute approximate surface area is 107 Å². The van der Waals surface area contributed by atoms with Gasteiger partial charge in [-0.1, -0.05) is 31.0 Å². The summed E-state index contributed by atoms with van der Waals surface area (Å²) >= 11 is 0. The summed E-state index contributed by atoms with van der Waals surface area (Å²) in [6, 6.07) is 8.14. The van der Waals surface area contributed by atoms with E-state index in [1.165, 1.54) is 36.6 Å². The zero-order valence-electron chi connectivity index (χ0n) is 10.7. The largest absolute Gasteiger partial charge is 0.461 e. The SMILES string of the molecule is Cc1oc2ccccc2c1CNOC1CCCC1. The van der Waals surface area contributed by atoms with E-state index in [2.05, 4.69) is 11.5 Å². The first kappa shape index (κ1) is 11.8. The van der Waals surface area contributed by atoms with Crippen molar-refractivity contribution >= 4 is 11.0 Å². The normalized spacial score (nSPS) is 16.7. The van der Waals surface area contributed by atoms with Crippen LogP contribution in [0.3, 0.4) is 0 Å². The van der Waals surface area contributed by atoms with Crippen LogP contribution < -0.4 is 5.48 Å². The molecule has 1 aliphatic rings. The van der Waals surface area contributed by atoms with E-state index in [0.717, 1.165) is 11.3 Å². The standard InChI is InChI=1S/C15H19NO2/c1-11-14(10-16-18-12-6-2-3-7-12)13-8-4-5-9-15(13)17-11/h4-5,8-9,12,16H,2-3,6-7,10H2,1H3. The number of nitrogens with one attached hydrogen (secondary N) is 1. The van der Waals surface area contributed by atoms with Crippen LogP contribution in [0.15, 0.2) is 28.7 Å². The number of aryl methyl sites for hydroxylation is 1. The van der Waals surface area contributed by atoms with Crippen molar-refractivity contribution in [3.8, 4) is 0 Å². The van der Waals surface area contributed by atoms with Gasteiger partial charge in [-0.05, 0) is 25.8 Å². The van der Waals surface area contributed by atoms with Crippen molar-refractivity contribution in [3.63, 3.8) is 0 Å². The molecular formula is C15H19NO2. The fourth-order valence-electron chi connectivity index (χ4n) is 2.68. The zero-order valence-corrected chi connectivity index (χ0v) is 10.7. The average molecular weight is 245 g/mol. The van der Waals surface area contributed by atoms with Gasteiger partial charge in [0.1, 0.15) is 11.3 Å². The minimum Gasteiger partial charge on any atom is -0.461 e. The van der Waals surface area contributed by atoms with Gasteiger partial charge in [-0.25, -0.2) is 0 Å². The fraction of sp³-hybridized carbons (Fsp3) is 0.467. The quantitative estimate of drug-likeness (QED) is 0.834. The van der Waals surface area contributed by atoms with Crippen molar-refractivity contribution < 1.29 is 9.25 Å². The number of hydrogen-bond donors (Lipinski definition) is 1. The molecular weight excluding hydrogens is 226 g/mol. The highest BCUT2D eigenvalue weighted by molar-refractivity contribution is 5.82. The van der Waals surface area contributed by atoms with Gasteiger partial charge in [0.15, 0.2) is 0 Å². The van der Waals surface area contributed by atoms with E-state index < -0.39 is 0 Å². The number of hydroxylamine groups is 1. The third-order valence-corrected chi connectivity index (χ3v) is 3.70. The van der Waals surface area contributed by atoms with Crippen LogP contribution >= 0.6 is 0 Å². The zero-order chi connectivity index (χ0) is 12.4. The molecule has 0 amide bonds. The van der Waals surface area contributed by atoms with Crippen LogP contribution in [0.4, 0.5) is 0 Å². The van der Waals surface area contributed by atoms with Gasteiger partial charge in [0.25, 0.3) is 0 Å². The van der Waals surface area contributed by atoms with Gasteiger partial charge in [-0.15, -0.1) is 0 Å². The van der Waals surface area contributed by atoms with Gasteiger partial charge < -0.3 is 4.42 Å². The van der Waals surface area contributed by atoms with E-state index in [4.69, 9.17) is 9.25 Å². The van der Waals surface area contributed by atoms with Crippen LogP contribution in [-0.4, -0.2) is 6.10 Å². The van der Waals surface area contributed by atoms with Crippen molar-refractivity contribution in [2.45, 2.75) is 45.3 Å². The third-order valence-electron chi connectivity index (χ3n) is 3.70. The van der Waals surface area contributed by atoms with E-state index >= 15 is 0 Å². The average Bonchev–Trinajstić information content (AvgIpc) is 2.98. The Morgan fingerprint density at radius 1 is 1.28 bits per heavy atom. The molecule has 0 radical (unpaired) electrons. The molecule has 18 heavy (non-hydrogen) atoms. The summed E-state index contributed by atoms with van der Waals surface area (Å²) in [6.07, 6.45) is 5.33. The topological polar surface area (TPSA) is 34.4 Å². The molecule has 0 unspecified atom stereocenters. The molecule has 0 atom stereocenters. The molecule has 1 fully saturated rings. The molecule has 0 aliphatic heterocycles. The number of para-hydroxylation sites is 1. The predicted octanol–water partition coefficient (Wildman–Crippen LogP) is 3.71. The minimum atomic E-state index is 0.392. The van der Waals surface area contributed by atoms with Crippen molar-refractivity contribution in [2.75, 3.05) is 0 Å². The summed E-state index contributed by atoms with van der Waals surface area (Å²) in [7, 11) is 0. The highest BCUT2D eigenvalue weighted by Crippen LogP contribution is 2.25. The van der Waals surface area contributed by atoms with Gasteiger partial charge in [0.05, 0.1) is 12.6 Å². The van der Waals surface area contributed by atoms with Crippen LogP contribution in [0.1, 0.15) is 37.0 Å². The first-order valence-electron chi connectivity index (χ1n) is 6.70. The number of fused-ring (bicyclic) bond motifs is 1. The van der Waals surface area contributed by atoms with Crippen LogP contribution in [0.25, 0.3) is 11.0 Å². The van der Waals surface area contributed by atoms with Gasteiger partial charge in [0.2, 0.25) is 0 Å². The molecule has 2 aromatic rings. The second-order valence-electron chi connectivity index (χ2n) is 4.98. The Morgan fingerprint density at radius 3 is 2.89 bits per heavy atom. The molecule has 1 heterocycles. The Bertz CT molecular complexity index is 526. The highest BCUT2D eigenvalue weighted by atomic mass is 16.7. The Balaban J connectivity index is 1.68. The maximum Gasteiger partial charge on any atom is 0.134 e. The van der Waals surface area contributed by atoms with E-state index in [9.17, 15) is 0 Å². The lowest BCUT2D eigenvalue weighted by Crippen LogP contribution is -2.21. The van der Waals surface area contributed by atoms with Crippen molar-refractivity contribution in [3.05, 3.63) is 35.6 Å². The number of hydrogen-bond acceptors (Lipinski definition) is 3. The smallest absolute Gasteiger partial charge is 0.134 e. The molecule has 0 bridgehead atoms. The van der Waals surface area contributed by atoms with Gasteiger partial charge in [-0.2, -0.15) is 5.48 Å². The molecule has 96 valence electrons. The summed E-state index contributed by atoms with van der Waals surface area (Å²) in [4.78, 5) is 5.69. The third kappa shape index (κ3) is 2.28. The molecule has 3 nitrogen and oxygen atoms in total. The fourth-order valence-corrected chi connectivity index (χ4v) is 2.68. The molecule has 3 heteroatoms. The molecule has 1 saturated carbocycles. The van der Waals surface area contributed by atoms with Gasteiger partial charge in [0, 0.05) is 10.9 Å². The first-order valence-corrected chi connectivity index (χ1v) is 6.70. The monoisotopic (exact) mass is 245 g/mol. The van der Waals surface area contributed by atoms with Gasteiger partial charge in [-0.3, -0.25) is 4.84 Å². The molecule has 1 aromatic heterocycles. The summed E-state index contributed by atoms with van der Waals surface area (Å²) in [5.74, 6) is 0.971. The second kappa shape index (κ2) is 5.12. The highest BCUT2D eigenvalue weighted by Gasteiger charge is 2.16. The summed E-state index contributed by atoms with van der Waals surface area (Å²) in [5.41, 5.74) is 5.25. The Hall–Kier alpha value is -1.32. The molecule has 1 aliphatic carbocycles. The predicted molar refractivity (Wildman–Crippen MR) is 71.1 cm³/mol. The summed E-state index contributed by atoms with van der Waals surface area (Å²) < 4.78 is 5.73. The van der Waals surface area contributed by atoms with E-state index in [1.807, 2.05) is 25.1 Å². The van der Waals surface area contributed by atoms with Gasteiger partial charge >= 0.3 is 0 Å². The number of rotatable bonds is 4. The lowest BCUT2D eigenvalue weighted by Gasteiger charge is -2.11. The second-order valence-corrected chi connectivity index (χ2v) is 4.98. The van der Waals surface area contributed by atoms with Crippen molar-refractivity contribution in [2.24, 2.45) is 0 Å². The van der Waals surface area contributed by atoms with Crippen molar-refractivity contribution in [1.82, 2.24) is 5.48 Å². The Kier molecular flexibility index (Phi) is 3.35. The van der Waals surface area contributed by atoms with E-state index in [1.54, 1.807) is 0 Å². The van der Waals surface area contributed by atoms with E-state index in [-0.39, 0.29) is 0 Å². The minimum absolute atomic E-state index is 0.392. The maximum atomic E-state index is 5.73. The van der Waals surface area contributed by atoms with Crippen LogP contribution in [0.2, 0.25) is 0 Å². The molecule has 1 aromatic carbocycles. The molecule has 0 saturated heterocycles. The lowest BCUT2D eigenvalue weighted by atomic mass is 10.1. The maximum absolute atomic E-state index is 5.73. The lowest BCUT2D eigenvalue weighted by molar-refractivity contribution is -0.0244. The van der Waals surface area contributed by atoms with Crippen LogP contribution in [0.5, 0.6) is 0 Å². The molecule has 3 rings (SSSR count). The van der Waals surface area contributed by atoms with E-state index in [0.29, 0.717) is 12.6 Å². The van der Waals surface area contributed by atoms with Crippen molar-refractivity contribution in [1.29, 1.82) is 0 Å². The van der Waals surface area contributed by atoms with Crippen LogP contribution in [-0.2, 0) is 11.4 Å². The number of benzene rings is 1. The molecule has 1 N–H and O–H groups in total. The number of furan rings is 1. The summed E-state index contributed by atoms with van der Waals surface area (Å²) in [5, 5.41) is 1.18. The summed E-state index contributed by atoms with van der Waals surface area (Å²) in [6.45, 7) is 2.71.